The lowest BCUT2D eigenvalue weighted by atomic mass is 9.86. The molecule has 3 rings (SSSR count). The van der Waals surface area contributed by atoms with E-state index in [9.17, 15) is 14.0 Å². The van der Waals surface area contributed by atoms with E-state index in [1.54, 1.807) is 11.0 Å². The molecule has 0 saturated heterocycles. The Bertz CT molecular complexity index is 612. The van der Waals surface area contributed by atoms with Crippen LogP contribution in [-0.4, -0.2) is 34.6 Å². The van der Waals surface area contributed by atoms with Crippen molar-refractivity contribution in [1.29, 1.82) is 0 Å². The number of fused-ring (bicyclic) bond motifs is 1. The minimum atomic E-state index is -0.746. The molecule has 5 nitrogen and oxygen atoms in total. The summed E-state index contributed by atoms with van der Waals surface area (Å²) in [5, 5.41) is 12.0. The highest BCUT2D eigenvalue weighted by atomic mass is 19.1. The van der Waals surface area contributed by atoms with Gasteiger partial charge in [-0.25, -0.2) is 9.18 Å². The molecule has 1 saturated carbocycles. The molecule has 0 radical (unpaired) electrons. The Morgan fingerprint density at radius 1 is 1.17 bits per heavy atom. The molecule has 2 aliphatic rings. The maximum atomic E-state index is 13.3. The largest absolute Gasteiger partial charge is 0.481 e. The van der Waals surface area contributed by atoms with E-state index in [1.165, 1.54) is 12.1 Å². The molecule has 0 aromatic heterocycles. The summed E-state index contributed by atoms with van der Waals surface area (Å²) in [6, 6.07) is 4.63. The Hall–Kier alpha value is -2.11. The van der Waals surface area contributed by atoms with E-state index in [4.69, 9.17) is 5.11 Å². The molecule has 1 fully saturated rings. The van der Waals surface area contributed by atoms with Crippen molar-refractivity contribution in [3.8, 4) is 0 Å². The van der Waals surface area contributed by atoms with Crippen LogP contribution in [0.15, 0.2) is 18.2 Å². The number of hydrogen-bond donors (Lipinski definition) is 2. The first-order valence-electron chi connectivity index (χ1n) is 8.08. The van der Waals surface area contributed by atoms with Gasteiger partial charge in [-0.3, -0.25) is 4.79 Å². The van der Waals surface area contributed by atoms with Crippen molar-refractivity contribution in [3.63, 3.8) is 0 Å². The highest BCUT2D eigenvalue weighted by Gasteiger charge is 2.28. The first-order chi connectivity index (χ1) is 11.0. The number of carbonyl (C=O) groups is 2. The second-order valence-corrected chi connectivity index (χ2v) is 6.42. The van der Waals surface area contributed by atoms with Crippen LogP contribution in [0, 0.1) is 11.7 Å². The number of rotatable bonds is 2. The van der Waals surface area contributed by atoms with Crippen LogP contribution in [0.4, 0.5) is 9.18 Å². The maximum Gasteiger partial charge on any atom is 0.317 e. The van der Waals surface area contributed by atoms with Gasteiger partial charge in [-0.2, -0.15) is 0 Å². The molecule has 2 N–H and O–H groups in total. The minimum absolute atomic E-state index is 0.0343. The summed E-state index contributed by atoms with van der Waals surface area (Å²) in [6.45, 7) is 1.04. The average Bonchev–Trinajstić information content (AvgIpc) is 2.54. The van der Waals surface area contributed by atoms with E-state index in [0.29, 0.717) is 38.8 Å². The summed E-state index contributed by atoms with van der Waals surface area (Å²) in [6.07, 6.45) is 3.33. The summed E-state index contributed by atoms with van der Waals surface area (Å²) in [4.78, 5) is 25.0. The van der Waals surface area contributed by atoms with Gasteiger partial charge >= 0.3 is 12.0 Å². The number of hydrogen-bond acceptors (Lipinski definition) is 2. The van der Waals surface area contributed by atoms with Crippen molar-refractivity contribution < 1.29 is 19.1 Å². The zero-order valence-corrected chi connectivity index (χ0v) is 12.9. The van der Waals surface area contributed by atoms with Gasteiger partial charge in [0.05, 0.1) is 5.92 Å². The van der Waals surface area contributed by atoms with Crippen LogP contribution >= 0.6 is 0 Å². The number of carboxylic acid groups (broad SMARTS) is 1. The van der Waals surface area contributed by atoms with E-state index in [-0.39, 0.29) is 23.8 Å². The van der Waals surface area contributed by atoms with Crippen LogP contribution in [0.25, 0.3) is 0 Å². The summed E-state index contributed by atoms with van der Waals surface area (Å²) in [5.74, 6) is -1.31. The third kappa shape index (κ3) is 3.63. The van der Waals surface area contributed by atoms with E-state index in [0.717, 1.165) is 17.5 Å². The Labute approximate surface area is 134 Å². The average molecular weight is 320 g/mol. The number of nitrogens with zero attached hydrogens (tertiary/aromatic N) is 1. The standard InChI is InChI=1S/C17H21FN2O3/c18-14-4-1-11-7-8-20(10-13(11)9-14)17(23)19-15-5-2-12(3-6-15)16(21)22/h1,4,9,12,15H,2-3,5-8,10H2,(H,19,23)(H,21,22). The van der Waals surface area contributed by atoms with Gasteiger partial charge in [0.2, 0.25) is 0 Å². The van der Waals surface area contributed by atoms with Crippen LogP contribution < -0.4 is 5.32 Å². The minimum Gasteiger partial charge on any atom is -0.481 e. The van der Waals surface area contributed by atoms with Crippen molar-refractivity contribution in [2.24, 2.45) is 5.92 Å². The molecule has 124 valence electrons. The smallest absolute Gasteiger partial charge is 0.317 e. The Kier molecular flexibility index (Phi) is 4.50. The fraction of sp³-hybridized carbons (Fsp3) is 0.529. The number of urea groups is 1. The zero-order valence-electron chi connectivity index (χ0n) is 12.9. The van der Waals surface area contributed by atoms with E-state index < -0.39 is 5.97 Å². The fourth-order valence-electron chi connectivity index (χ4n) is 3.45. The number of nitrogens with one attached hydrogen (secondary N) is 1. The van der Waals surface area contributed by atoms with Crippen molar-refractivity contribution in [1.82, 2.24) is 10.2 Å². The highest BCUT2D eigenvalue weighted by Crippen LogP contribution is 2.25. The molecule has 1 aliphatic carbocycles. The third-order valence-corrected chi connectivity index (χ3v) is 4.87. The predicted octanol–water partition coefficient (Wildman–Crippen LogP) is 2.54. The summed E-state index contributed by atoms with van der Waals surface area (Å²) >= 11 is 0. The topological polar surface area (TPSA) is 69.6 Å². The number of carbonyl (C=O) groups excluding carboxylic acids is 1. The molecule has 1 aromatic carbocycles. The molecule has 0 bridgehead atoms. The SMILES string of the molecule is O=C(O)C1CCC(NC(=O)N2CCc3ccc(F)cc3C2)CC1. The molecule has 6 heteroatoms. The molecule has 1 aliphatic heterocycles. The van der Waals surface area contributed by atoms with Gasteiger partial charge in [0.1, 0.15) is 5.82 Å². The van der Waals surface area contributed by atoms with Crippen LogP contribution in [-0.2, 0) is 17.8 Å². The van der Waals surface area contributed by atoms with E-state index in [2.05, 4.69) is 5.32 Å². The van der Waals surface area contributed by atoms with Gasteiger partial charge in [0, 0.05) is 19.1 Å². The van der Waals surface area contributed by atoms with Gasteiger partial charge in [-0.05, 0) is 55.4 Å². The van der Waals surface area contributed by atoms with Gasteiger partial charge in [-0.1, -0.05) is 6.07 Å². The number of carboxylic acids is 1. The van der Waals surface area contributed by atoms with Crippen molar-refractivity contribution in [3.05, 3.63) is 35.1 Å². The lowest BCUT2D eigenvalue weighted by Crippen LogP contribution is -2.47. The van der Waals surface area contributed by atoms with Crippen molar-refractivity contribution in [2.75, 3.05) is 6.54 Å². The number of aliphatic carboxylic acids is 1. The van der Waals surface area contributed by atoms with Crippen molar-refractivity contribution in [2.45, 2.75) is 44.7 Å². The first-order valence-corrected chi connectivity index (χ1v) is 8.08. The molecule has 23 heavy (non-hydrogen) atoms. The molecular weight excluding hydrogens is 299 g/mol. The molecule has 1 aromatic rings. The summed E-state index contributed by atoms with van der Waals surface area (Å²) < 4.78 is 13.3. The van der Waals surface area contributed by atoms with E-state index in [1.807, 2.05) is 0 Å². The lowest BCUT2D eigenvalue weighted by Gasteiger charge is -2.32. The number of halogens is 1. The molecule has 1 heterocycles. The summed E-state index contributed by atoms with van der Waals surface area (Å²) in [7, 11) is 0. The molecule has 2 amide bonds. The van der Waals surface area contributed by atoms with Crippen LogP contribution in [0.3, 0.4) is 0 Å². The number of amides is 2. The van der Waals surface area contributed by atoms with Crippen LogP contribution in [0.1, 0.15) is 36.8 Å². The Morgan fingerprint density at radius 3 is 2.61 bits per heavy atom. The Morgan fingerprint density at radius 2 is 1.91 bits per heavy atom. The molecular formula is C17H21FN2O3. The molecule has 0 spiro atoms. The quantitative estimate of drug-likeness (QED) is 0.880. The zero-order chi connectivity index (χ0) is 16.4. The Balaban J connectivity index is 1.55. The second kappa shape index (κ2) is 6.56. The van der Waals surface area contributed by atoms with Gasteiger partial charge in [0.15, 0.2) is 0 Å². The first kappa shape index (κ1) is 15.8. The van der Waals surface area contributed by atoms with Crippen LogP contribution in [0.5, 0.6) is 0 Å². The normalized spacial score (nSPS) is 24.0. The van der Waals surface area contributed by atoms with Gasteiger partial charge < -0.3 is 15.3 Å². The van der Waals surface area contributed by atoms with E-state index >= 15 is 0 Å². The van der Waals surface area contributed by atoms with Crippen molar-refractivity contribution >= 4 is 12.0 Å². The molecule has 0 atom stereocenters. The third-order valence-electron chi connectivity index (χ3n) is 4.87. The van der Waals surface area contributed by atoms with Gasteiger partial charge in [-0.15, -0.1) is 0 Å². The maximum absolute atomic E-state index is 13.3. The number of benzene rings is 1. The highest BCUT2D eigenvalue weighted by molar-refractivity contribution is 5.75. The lowest BCUT2D eigenvalue weighted by molar-refractivity contribution is -0.142. The predicted molar refractivity (Wildman–Crippen MR) is 82.4 cm³/mol. The summed E-state index contributed by atoms with van der Waals surface area (Å²) in [5.41, 5.74) is 1.96. The molecule has 0 unspecified atom stereocenters. The second-order valence-electron chi connectivity index (χ2n) is 6.42. The van der Waals surface area contributed by atoms with Gasteiger partial charge in [0.25, 0.3) is 0 Å². The van der Waals surface area contributed by atoms with Crippen LogP contribution in [0.2, 0.25) is 0 Å². The monoisotopic (exact) mass is 320 g/mol. The fourth-order valence-corrected chi connectivity index (χ4v) is 3.45.